The Balaban J connectivity index is 2.93. The maximum absolute atomic E-state index is 12.2. The molecule has 1 saturated heterocycles. The minimum absolute atomic E-state index is 0.380. The van der Waals surface area contributed by atoms with Gasteiger partial charge in [0.25, 0.3) is 0 Å². The number of likely N-dealkylation sites (tertiary alicyclic amines) is 1. The van der Waals surface area contributed by atoms with E-state index < -0.39 is 23.2 Å². The summed E-state index contributed by atoms with van der Waals surface area (Å²) < 4.78 is 5.30. The number of carbonyl (C=O) groups excluding carboxylic acids is 1. The second kappa shape index (κ2) is 5.63. The van der Waals surface area contributed by atoms with E-state index in [1.165, 1.54) is 4.90 Å². The van der Waals surface area contributed by atoms with Gasteiger partial charge in [-0.25, -0.2) is 9.59 Å². The largest absolute Gasteiger partial charge is 0.479 e. The molecule has 0 unspecified atom stereocenters. The average Bonchev–Trinajstić information content (AvgIpc) is 2.69. The third-order valence-electron chi connectivity index (χ3n) is 3.26. The van der Waals surface area contributed by atoms with Crippen LogP contribution in [0.1, 0.15) is 46.5 Å². The van der Waals surface area contributed by atoms with Crippen LogP contribution in [0.25, 0.3) is 0 Å². The average molecular weight is 269 g/mol. The lowest BCUT2D eigenvalue weighted by Gasteiger charge is -2.35. The van der Waals surface area contributed by atoms with Gasteiger partial charge in [-0.1, -0.05) is 6.08 Å². The van der Waals surface area contributed by atoms with Gasteiger partial charge < -0.3 is 9.84 Å². The number of nitrogens with zero attached hydrogens (tertiary/aromatic N) is 1. The van der Waals surface area contributed by atoms with Crippen molar-refractivity contribution in [3.63, 3.8) is 0 Å². The highest BCUT2D eigenvalue weighted by molar-refractivity contribution is 5.85. The number of aliphatic carboxylic acids is 1. The molecule has 19 heavy (non-hydrogen) atoms. The fourth-order valence-corrected chi connectivity index (χ4v) is 2.39. The van der Waals surface area contributed by atoms with Crippen molar-refractivity contribution in [3.05, 3.63) is 12.7 Å². The number of hydrogen-bond acceptors (Lipinski definition) is 3. The molecule has 0 radical (unpaired) electrons. The topological polar surface area (TPSA) is 66.8 Å². The fraction of sp³-hybridized carbons (Fsp3) is 0.714. The summed E-state index contributed by atoms with van der Waals surface area (Å²) in [6.07, 6.45) is 3.22. The molecule has 1 aliphatic rings. The Hall–Kier alpha value is -1.52. The minimum Gasteiger partial charge on any atom is -0.479 e. The molecule has 1 heterocycles. The van der Waals surface area contributed by atoms with E-state index in [9.17, 15) is 14.7 Å². The summed E-state index contributed by atoms with van der Waals surface area (Å²) in [6, 6.07) is 0. The van der Waals surface area contributed by atoms with Crippen molar-refractivity contribution in [3.8, 4) is 0 Å². The van der Waals surface area contributed by atoms with Crippen LogP contribution < -0.4 is 0 Å². The van der Waals surface area contributed by atoms with Crippen molar-refractivity contribution >= 4 is 12.1 Å². The number of hydrogen-bond donors (Lipinski definition) is 1. The van der Waals surface area contributed by atoms with Crippen LogP contribution in [0.2, 0.25) is 0 Å². The van der Waals surface area contributed by atoms with E-state index in [0.29, 0.717) is 32.2 Å². The van der Waals surface area contributed by atoms with Gasteiger partial charge in [0.05, 0.1) is 0 Å². The van der Waals surface area contributed by atoms with Crippen LogP contribution in [0.5, 0.6) is 0 Å². The fourth-order valence-electron chi connectivity index (χ4n) is 2.39. The standard InChI is InChI=1S/C14H23NO4/c1-5-6-8-14(11(16)17)9-7-10-15(14)12(18)19-13(2,3)4/h5H,1,6-10H2,2-4H3,(H,16,17)/t14-/m0/s1. The van der Waals surface area contributed by atoms with Crippen molar-refractivity contribution in [2.75, 3.05) is 6.54 Å². The summed E-state index contributed by atoms with van der Waals surface area (Å²) in [7, 11) is 0. The van der Waals surface area contributed by atoms with Gasteiger partial charge in [0.2, 0.25) is 0 Å². The number of carbonyl (C=O) groups is 2. The highest BCUT2D eigenvalue weighted by Crippen LogP contribution is 2.35. The number of ether oxygens (including phenoxy) is 1. The summed E-state index contributed by atoms with van der Waals surface area (Å²) in [4.78, 5) is 25.2. The molecule has 0 aromatic carbocycles. The van der Waals surface area contributed by atoms with Gasteiger partial charge in [0, 0.05) is 6.54 Å². The molecule has 1 amide bonds. The normalized spacial score (nSPS) is 23.2. The van der Waals surface area contributed by atoms with Crippen molar-refractivity contribution in [2.24, 2.45) is 0 Å². The Kier molecular flexibility index (Phi) is 4.61. The molecule has 5 nitrogen and oxygen atoms in total. The highest BCUT2D eigenvalue weighted by atomic mass is 16.6. The van der Waals surface area contributed by atoms with Crippen LogP contribution in [0, 0.1) is 0 Å². The third kappa shape index (κ3) is 3.49. The Morgan fingerprint density at radius 1 is 1.47 bits per heavy atom. The number of carboxylic acid groups (broad SMARTS) is 1. The van der Waals surface area contributed by atoms with Gasteiger partial charge in [-0.2, -0.15) is 0 Å². The van der Waals surface area contributed by atoms with E-state index >= 15 is 0 Å². The smallest absolute Gasteiger partial charge is 0.411 e. The van der Waals surface area contributed by atoms with E-state index in [1.54, 1.807) is 26.8 Å². The van der Waals surface area contributed by atoms with Gasteiger partial charge >= 0.3 is 12.1 Å². The van der Waals surface area contributed by atoms with Gasteiger partial charge in [0.1, 0.15) is 11.1 Å². The van der Waals surface area contributed by atoms with Crippen molar-refractivity contribution in [1.82, 2.24) is 4.90 Å². The van der Waals surface area contributed by atoms with E-state index in [-0.39, 0.29) is 0 Å². The molecule has 1 atom stereocenters. The molecule has 0 aliphatic carbocycles. The van der Waals surface area contributed by atoms with Crippen LogP contribution in [0.4, 0.5) is 4.79 Å². The van der Waals surface area contributed by atoms with E-state index in [1.807, 2.05) is 0 Å². The molecule has 0 aromatic rings. The lowest BCUT2D eigenvalue weighted by molar-refractivity contribution is -0.149. The van der Waals surface area contributed by atoms with Gasteiger partial charge in [-0.05, 0) is 46.5 Å². The molecule has 1 fully saturated rings. The lowest BCUT2D eigenvalue weighted by atomic mass is 9.90. The second-order valence-corrected chi connectivity index (χ2v) is 5.90. The zero-order valence-electron chi connectivity index (χ0n) is 11.9. The van der Waals surface area contributed by atoms with E-state index in [0.717, 1.165) is 0 Å². The summed E-state index contributed by atoms with van der Waals surface area (Å²) in [5, 5.41) is 9.52. The van der Waals surface area contributed by atoms with Crippen molar-refractivity contribution in [2.45, 2.75) is 57.6 Å². The summed E-state index contributed by atoms with van der Waals surface area (Å²) >= 11 is 0. The molecule has 0 bridgehead atoms. The van der Waals surface area contributed by atoms with Gasteiger partial charge in [-0.15, -0.1) is 6.58 Å². The predicted molar refractivity (Wildman–Crippen MR) is 72.0 cm³/mol. The molecule has 0 spiro atoms. The summed E-state index contributed by atoms with van der Waals surface area (Å²) in [5.74, 6) is -0.960. The zero-order chi connectivity index (χ0) is 14.7. The molecular weight excluding hydrogens is 246 g/mol. The number of amides is 1. The second-order valence-electron chi connectivity index (χ2n) is 5.90. The molecule has 0 aromatic heterocycles. The molecular formula is C14H23NO4. The number of rotatable bonds is 4. The van der Waals surface area contributed by atoms with Gasteiger partial charge in [0.15, 0.2) is 0 Å². The Morgan fingerprint density at radius 3 is 2.58 bits per heavy atom. The molecule has 1 rings (SSSR count). The first kappa shape index (κ1) is 15.5. The van der Waals surface area contributed by atoms with E-state index in [2.05, 4.69) is 6.58 Å². The first-order valence-corrected chi connectivity index (χ1v) is 6.58. The quantitative estimate of drug-likeness (QED) is 0.797. The van der Waals surface area contributed by atoms with E-state index in [4.69, 9.17) is 4.74 Å². The molecule has 5 heteroatoms. The maximum Gasteiger partial charge on any atom is 0.411 e. The minimum atomic E-state index is -1.14. The Morgan fingerprint density at radius 2 is 2.11 bits per heavy atom. The van der Waals surface area contributed by atoms with Gasteiger partial charge in [-0.3, -0.25) is 4.90 Å². The van der Waals surface area contributed by atoms with Crippen LogP contribution in [0.3, 0.4) is 0 Å². The molecule has 108 valence electrons. The zero-order valence-corrected chi connectivity index (χ0v) is 11.9. The number of carboxylic acids is 1. The SMILES string of the molecule is C=CCC[C@@]1(C(=O)O)CCCN1C(=O)OC(C)(C)C. The van der Waals surface area contributed by atoms with Crippen LogP contribution in [-0.2, 0) is 9.53 Å². The highest BCUT2D eigenvalue weighted by Gasteiger charge is 2.50. The first-order chi connectivity index (χ1) is 8.73. The van der Waals surface area contributed by atoms with Crippen LogP contribution >= 0.6 is 0 Å². The Bertz CT molecular complexity index is 372. The first-order valence-electron chi connectivity index (χ1n) is 6.58. The van der Waals surface area contributed by atoms with Crippen LogP contribution in [0.15, 0.2) is 12.7 Å². The summed E-state index contributed by atoms with van der Waals surface area (Å²) in [6.45, 7) is 9.36. The predicted octanol–water partition coefficient (Wildman–Crippen LogP) is 2.81. The van der Waals surface area contributed by atoms with Crippen LogP contribution in [-0.4, -0.2) is 39.8 Å². The lowest BCUT2D eigenvalue weighted by Crippen LogP contribution is -2.54. The maximum atomic E-state index is 12.2. The van der Waals surface area contributed by atoms with Crippen molar-refractivity contribution in [1.29, 1.82) is 0 Å². The monoisotopic (exact) mass is 269 g/mol. The Labute approximate surface area is 114 Å². The molecule has 1 aliphatic heterocycles. The third-order valence-corrected chi connectivity index (χ3v) is 3.26. The summed E-state index contributed by atoms with van der Waals surface area (Å²) in [5.41, 5.74) is -1.77. The van der Waals surface area contributed by atoms with Crippen molar-refractivity contribution < 1.29 is 19.4 Å². The molecule has 0 saturated carbocycles. The molecule has 1 N–H and O–H groups in total. The number of allylic oxidation sites excluding steroid dienone is 1.